The number of rotatable bonds is 6. The molecule has 4 nitrogen and oxygen atoms in total. The van der Waals surface area contributed by atoms with E-state index in [1.165, 1.54) is 0 Å². The highest BCUT2D eigenvalue weighted by Crippen LogP contribution is 2.08. The van der Waals surface area contributed by atoms with Gasteiger partial charge in [-0.15, -0.1) is 0 Å². The van der Waals surface area contributed by atoms with Gasteiger partial charge in [0, 0.05) is 31.9 Å². The molecule has 0 saturated heterocycles. The van der Waals surface area contributed by atoms with Crippen molar-refractivity contribution in [3.05, 3.63) is 48.4 Å². The van der Waals surface area contributed by atoms with Crippen molar-refractivity contribution in [1.82, 2.24) is 14.3 Å². The van der Waals surface area contributed by atoms with Crippen molar-refractivity contribution in [3.8, 4) is 0 Å². The van der Waals surface area contributed by atoms with E-state index in [1.54, 1.807) is 0 Å². The highest BCUT2D eigenvalue weighted by Gasteiger charge is 2.12. The summed E-state index contributed by atoms with van der Waals surface area (Å²) in [5.74, 6) is 0.160. The number of carbonyl (C=O) groups is 1. The molecule has 106 valence electrons. The monoisotopic (exact) mass is 271 g/mol. The highest BCUT2D eigenvalue weighted by atomic mass is 16.2. The fourth-order valence-corrected chi connectivity index (χ4v) is 2.20. The molecule has 0 bridgehead atoms. The fraction of sp³-hybridized carbons (Fsp3) is 0.375. The molecule has 0 N–H and O–H groups in total. The molecule has 0 saturated carbocycles. The van der Waals surface area contributed by atoms with Gasteiger partial charge in [-0.25, -0.2) is 4.98 Å². The number of nitrogens with zero attached hydrogens (tertiary/aromatic N) is 3. The van der Waals surface area contributed by atoms with Crippen LogP contribution in [-0.4, -0.2) is 33.3 Å². The molecule has 0 unspecified atom stereocenters. The average Bonchev–Trinajstić information content (AvgIpc) is 2.84. The van der Waals surface area contributed by atoms with Crippen LogP contribution in [0.2, 0.25) is 0 Å². The van der Waals surface area contributed by atoms with Crippen molar-refractivity contribution in [2.24, 2.45) is 0 Å². The Kier molecular flexibility index (Phi) is 4.56. The first kappa shape index (κ1) is 14.3. The summed E-state index contributed by atoms with van der Waals surface area (Å²) >= 11 is 0. The Bertz CT molecular complexity index is 582. The number of carbonyl (C=O) groups excluding carboxylic acids is 1. The molecule has 2 rings (SSSR count). The van der Waals surface area contributed by atoms with Crippen LogP contribution in [0, 0.1) is 0 Å². The molecule has 0 aliphatic carbocycles. The van der Waals surface area contributed by atoms with E-state index in [-0.39, 0.29) is 5.91 Å². The van der Waals surface area contributed by atoms with Crippen LogP contribution in [0.3, 0.4) is 0 Å². The molecule has 4 heteroatoms. The Labute approximate surface area is 119 Å². The number of pyridine rings is 1. The van der Waals surface area contributed by atoms with Gasteiger partial charge in [0.25, 0.3) is 0 Å². The molecule has 0 radical (unpaired) electrons. The van der Waals surface area contributed by atoms with Crippen LogP contribution in [0.25, 0.3) is 5.65 Å². The van der Waals surface area contributed by atoms with Crippen LogP contribution in [0.4, 0.5) is 0 Å². The maximum atomic E-state index is 12.1. The number of aromatic nitrogens is 2. The first-order valence-electron chi connectivity index (χ1n) is 6.95. The van der Waals surface area contributed by atoms with E-state index in [4.69, 9.17) is 0 Å². The molecule has 0 aromatic carbocycles. The van der Waals surface area contributed by atoms with Gasteiger partial charge in [-0.2, -0.15) is 0 Å². The summed E-state index contributed by atoms with van der Waals surface area (Å²) in [5, 5.41) is 0. The minimum Gasteiger partial charge on any atom is -0.339 e. The summed E-state index contributed by atoms with van der Waals surface area (Å²) in [7, 11) is 0. The number of hydrogen-bond donors (Lipinski definition) is 0. The van der Waals surface area contributed by atoms with Crippen LogP contribution in [0.1, 0.15) is 26.0 Å². The topological polar surface area (TPSA) is 37.6 Å². The van der Waals surface area contributed by atoms with Crippen LogP contribution >= 0.6 is 0 Å². The van der Waals surface area contributed by atoms with E-state index in [9.17, 15) is 4.79 Å². The third-order valence-corrected chi connectivity index (χ3v) is 3.20. The molecule has 0 aliphatic rings. The summed E-state index contributed by atoms with van der Waals surface area (Å²) in [6, 6.07) is 5.89. The zero-order valence-corrected chi connectivity index (χ0v) is 12.2. The molecule has 2 aromatic heterocycles. The molecule has 1 amide bonds. The SMILES string of the molecule is C=C(C)CN(CC)C(=O)CCc1cn2ccccc2n1. The zero-order valence-electron chi connectivity index (χ0n) is 12.2. The van der Waals surface area contributed by atoms with Gasteiger partial charge in [0.05, 0.1) is 5.69 Å². The van der Waals surface area contributed by atoms with Crippen LogP contribution < -0.4 is 0 Å². The lowest BCUT2D eigenvalue weighted by Crippen LogP contribution is -2.32. The van der Waals surface area contributed by atoms with Crippen molar-refractivity contribution in [3.63, 3.8) is 0 Å². The Morgan fingerprint density at radius 1 is 1.45 bits per heavy atom. The first-order valence-corrected chi connectivity index (χ1v) is 6.95. The predicted octanol–water partition coefficient (Wildman–Crippen LogP) is 2.69. The standard InChI is InChI=1S/C16H21N3O/c1-4-18(11-13(2)3)16(20)9-8-14-12-19-10-6-5-7-15(19)17-14/h5-7,10,12H,2,4,8-9,11H2,1,3H3. The van der Waals surface area contributed by atoms with Gasteiger partial charge in [-0.05, 0) is 32.4 Å². The van der Waals surface area contributed by atoms with Crippen LogP contribution in [0.5, 0.6) is 0 Å². The lowest BCUT2D eigenvalue weighted by atomic mass is 10.2. The van der Waals surface area contributed by atoms with Crippen molar-refractivity contribution in [1.29, 1.82) is 0 Å². The third kappa shape index (κ3) is 3.47. The number of imidazole rings is 1. The predicted molar refractivity (Wildman–Crippen MR) is 80.6 cm³/mol. The Morgan fingerprint density at radius 3 is 2.90 bits per heavy atom. The maximum absolute atomic E-state index is 12.1. The molecule has 0 fully saturated rings. The second-order valence-electron chi connectivity index (χ2n) is 5.06. The molecule has 0 aliphatic heterocycles. The molecule has 0 atom stereocenters. The summed E-state index contributed by atoms with van der Waals surface area (Å²) in [4.78, 5) is 18.5. The summed E-state index contributed by atoms with van der Waals surface area (Å²) < 4.78 is 1.98. The van der Waals surface area contributed by atoms with Crippen LogP contribution in [-0.2, 0) is 11.2 Å². The Morgan fingerprint density at radius 2 is 2.25 bits per heavy atom. The van der Waals surface area contributed by atoms with Crippen molar-refractivity contribution in [2.45, 2.75) is 26.7 Å². The summed E-state index contributed by atoms with van der Waals surface area (Å²) in [6.45, 7) is 9.16. The summed E-state index contributed by atoms with van der Waals surface area (Å²) in [5.41, 5.74) is 2.88. The Balaban J connectivity index is 1.96. The van der Waals surface area contributed by atoms with Gasteiger partial charge >= 0.3 is 0 Å². The molecule has 2 heterocycles. The van der Waals surface area contributed by atoms with E-state index >= 15 is 0 Å². The largest absolute Gasteiger partial charge is 0.339 e. The van der Waals surface area contributed by atoms with Crippen molar-refractivity contribution >= 4 is 11.6 Å². The van der Waals surface area contributed by atoms with Gasteiger partial charge in [0.15, 0.2) is 0 Å². The number of hydrogen-bond acceptors (Lipinski definition) is 2. The van der Waals surface area contributed by atoms with E-state index in [1.807, 2.05) is 53.7 Å². The van der Waals surface area contributed by atoms with Gasteiger partial charge < -0.3 is 9.30 Å². The normalized spacial score (nSPS) is 10.7. The molecular formula is C16H21N3O. The van der Waals surface area contributed by atoms with E-state index in [0.29, 0.717) is 19.4 Å². The second kappa shape index (κ2) is 6.37. The third-order valence-electron chi connectivity index (χ3n) is 3.20. The Hall–Kier alpha value is -2.10. The molecule has 0 spiro atoms. The van der Waals surface area contributed by atoms with Crippen molar-refractivity contribution in [2.75, 3.05) is 13.1 Å². The molecule has 20 heavy (non-hydrogen) atoms. The maximum Gasteiger partial charge on any atom is 0.223 e. The van der Waals surface area contributed by atoms with E-state index in [2.05, 4.69) is 11.6 Å². The highest BCUT2D eigenvalue weighted by molar-refractivity contribution is 5.76. The van der Waals surface area contributed by atoms with E-state index < -0.39 is 0 Å². The quantitative estimate of drug-likeness (QED) is 0.758. The molecule has 2 aromatic rings. The van der Waals surface area contributed by atoms with E-state index in [0.717, 1.165) is 23.5 Å². The minimum atomic E-state index is 0.160. The van der Waals surface area contributed by atoms with Gasteiger partial charge in [0.2, 0.25) is 5.91 Å². The number of aryl methyl sites for hydroxylation is 1. The lowest BCUT2D eigenvalue weighted by Gasteiger charge is -2.20. The smallest absolute Gasteiger partial charge is 0.223 e. The van der Waals surface area contributed by atoms with Crippen molar-refractivity contribution < 1.29 is 4.79 Å². The number of likely N-dealkylation sites (N-methyl/N-ethyl adjacent to an activating group) is 1. The number of amides is 1. The summed E-state index contributed by atoms with van der Waals surface area (Å²) in [6.07, 6.45) is 5.11. The second-order valence-corrected chi connectivity index (χ2v) is 5.06. The molecular weight excluding hydrogens is 250 g/mol. The fourth-order valence-electron chi connectivity index (χ4n) is 2.20. The minimum absolute atomic E-state index is 0.160. The van der Waals surface area contributed by atoms with Gasteiger partial charge in [-0.1, -0.05) is 18.2 Å². The average molecular weight is 271 g/mol. The van der Waals surface area contributed by atoms with Gasteiger partial charge in [0.1, 0.15) is 5.65 Å². The first-order chi connectivity index (χ1) is 9.60. The zero-order chi connectivity index (χ0) is 14.5. The number of fused-ring (bicyclic) bond motifs is 1. The van der Waals surface area contributed by atoms with Gasteiger partial charge in [-0.3, -0.25) is 4.79 Å². The van der Waals surface area contributed by atoms with Crippen LogP contribution in [0.15, 0.2) is 42.7 Å². The lowest BCUT2D eigenvalue weighted by molar-refractivity contribution is -0.130.